The minimum absolute atomic E-state index is 0.0185. The van der Waals surface area contributed by atoms with Crippen molar-refractivity contribution in [2.45, 2.75) is 0 Å². The molecule has 0 aliphatic rings. The molecule has 1 heterocycles. The van der Waals surface area contributed by atoms with Crippen LogP contribution in [0.3, 0.4) is 0 Å². The summed E-state index contributed by atoms with van der Waals surface area (Å²) in [6.07, 6.45) is 1.46. The number of aromatic nitrogens is 1. The predicted molar refractivity (Wildman–Crippen MR) is 68.6 cm³/mol. The number of carboxylic acid groups (broad SMARTS) is 1. The fourth-order valence-corrected chi connectivity index (χ4v) is 1.76. The maximum atomic E-state index is 10.8. The molecule has 0 saturated carbocycles. The Morgan fingerprint density at radius 1 is 1.24 bits per heavy atom. The highest BCUT2D eigenvalue weighted by molar-refractivity contribution is 9.10. The fraction of sp³-hybridized carbons (Fsp3) is 0. The van der Waals surface area contributed by atoms with Crippen LogP contribution in [0.2, 0.25) is 0 Å². The molecule has 1 aromatic heterocycles. The smallest absolute Gasteiger partial charge is 0.354 e. The molecule has 0 fully saturated rings. The van der Waals surface area contributed by atoms with Crippen LogP contribution in [0, 0.1) is 0 Å². The lowest BCUT2D eigenvalue weighted by Crippen LogP contribution is -2.01. The highest BCUT2D eigenvalue weighted by Gasteiger charge is 2.04. The number of anilines is 2. The number of pyridine rings is 1. The van der Waals surface area contributed by atoms with Crippen molar-refractivity contribution in [1.29, 1.82) is 0 Å². The molecule has 17 heavy (non-hydrogen) atoms. The Hall–Kier alpha value is -1.88. The molecule has 0 aliphatic heterocycles. The number of nitrogens with zero attached hydrogens (tertiary/aromatic N) is 1. The second kappa shape index (κ2) is 4.97. The van der Waals surface area contributed by atoms with E-state index in [0.717, 1.165) is 10.2 Å². The molecular weight excluding hydrogens is 284 g/mol. The average Bonchev–Trinajstić information content (AvgIpc) is 2.29. The zero-order valence-electron chi connectivity index (χ0n) is 8.72. The maximum absolute atomic E-state index is 10.8. The summed E-state index contributed by atoms with van der Waals surface area (Å²) < 4.78 is 0.954. The Kier molecular flexibility index (Phi) is 3.39. The zero-order chi connectivity index (χ0) is 12.3. The van der Waals surface area contributed by atoms with Crippen molar-refractivity contribution >= 4 is 33.3 Å². The van der Waals surface area contributed by atoms with Gasteiger partial charge in [0.1, 0.15) is 5.69 Å². The molecule has 0 saturated heterocycles. The molecule has 2 rings (SSSR count). The van der Waals surface area contributed by atoms with E-state index in [1.807, 2.05) is 24.3 Å². The van der Waals surface area contributed by atoms with E-state index in [1.165, 1.54) is 12.3 Å². The van der Waals surface area contributed by atoms with Gasteiger partial charge in [0.15, 0.2) is 0 Å². The highest BCUT2D eigenvalue weighted by Crippen LogP contribution is 2.20. The predicted octanol–water partition coefficient (Wildman–Crippen LogP) is 3.29. The molecular formula is C12H9BrN2O2. The van der Waals surface area contributed by atoms with Gasteiger partial charge in [-0.25, -0.2) is 9.78 Å². The summed E-state index contributed by atoms with van der Waals surface area (Å²) in [5.41, 5.74) is 1.59. The molecule has 0 bridgehead atoms. The number of nitrogens with one attached hydrogen (secondary N) is 1. The fourth-order valence-electron chi connectivity index (χ4n) is 1.36. The van der Waals surface area contributed by atoms with Gasteiger partial charge in [0.25, 0.3) is 0 Å². The third kappa shape index (κ3) is 3.04. The van der Waals surface area contributed by atoms with Crippen molar-refractivity contribution in [2.24, 2.45) is 0 Å². The Morgan fingerprint density at radius 3 is 2.71 bits per heavy atom. The number of rotatable bonds is 3. The highest BCUT2D eigenvalue weighted by atomic mass is 79.9. The summed E-state index contributed by atoms with van der Waals surface area (Å²) in [4.78, 5) is 14.5. The molecule has 0 unspecified atom stereocenters. The van der Waals surface area contributed by atoms with Crippen LogP contribution in [0.4, 0.5) is 11.4 Å². The molecule has 0 atom stereocenters. The minimum Gasteiger partial charge on any atom is -0.477 e. The molecule has 86 valence electrons. The van der Waals surface area contributed by atoms with Gasteiger partial charge in [-0.2, -0.15) is 0 Å². The quantitative estimate of drug-likeness (QED) is 0.911. The first-order valence-corrected chi connectivity index (χ1v) is 5.66. The van der Waals surface area contributed by atoms with E-state index in [-0.39, 0.29) is 5.69 Å². The number of aromatic carboxylic acids is 1. The van der Waals surface area contributed by atoms with Crippen molar-refractivity contribution in [3.63, 3.8) is 0 Å². The summed E-state index contributed by atoms with van der Waals surface area (Å²) in [6.45, 7) is 0. The molecule has 0 aliphatic carbocycles. The second-order valence-corrected chi connectivity index (χ2v) is 4.29. The maximum Gasteiger partial charge on any atom is 0.354 e. The number of benzene rings is 1. The molecule has 2 N–H and O–H groups in total. The normalized spacial score (nSPS) is 9.94. The lowest BCUT2D eigenvalue weighted by molar-refractivity contribution is 0.0690. The first-order valence-electron chi connectivity index (χ1n) is 4.87. The van der Waals surface area contributed by atoms with Gasteiger partial charge in [-0.05, 0) is 30.3 Å². The van der Waals surface area contributed by atoms with E-state index in [1.54, 1.807) is 6.07 Å². The third-order valence-corrected chi connectivity index (χ3v) is 2.59. The van der Waals surface area contributed by atoms with Crippen LogP contribution in [0.25, 0.3) is 0 Å². The first-order chi connectivity index (χ1) is 8.15. The van der Waals surface area contributed by atoms with Crippen molar-refractivity contribution < 1.29 is 9.90 Å². The number of halogens is 1. The van der Waals surface area contributed by atoms with Crippen molar-refractivity contribution in [3.05, 3.63) is 52.8 Å². The van der Waals surface area contributed by atoms with Crippen molar-refractivity contribution in [3.8, 4) is 0 Å². The Morgan fingerprint density at radius 2 is 2.00 bits per heavy atom. The summed E-state index contributed by atoms with van der Waals surface area (Å²) >= 11 is 3.37. The molecule has 4 nitrogen and oxygen atoms in total. The van der Waals surface area contributed by atoms with Gasteiger partial charge in [-0.1, -0.05) is 22.0 Å². The molecule has 0 radical (unpaired) electrons. The number of carboxylic acids is 1. The van der Waals surface area contributed by atoms with Crippen molar-refractivity contribution in [1.82, 2.24) is 4.98 Å². The van der Waals surface area contributed by atoms with Gasteiger partial charge in [0.2, 0.25) is 0 Å². The molecule has 2 aromatic rings. The largest absolute Gasteiger partial charge is 0.477 e. The lowest BCUT2D eigenvalue weighted by Gasteiger charge is -2.06. The summed E-state index contributed by atoms with van der Waals surface area (Å²) in [6, 6.07) is 10.8. The van der Waals surface area contributed by atoms with Crippen LogP contribution in [0.5, 0.6) is 0 Å². The summed E-state index contributed by atoms with van der Waals surface area (Å²) in [5.74, 6) is -1.04. The molecule has 1 aromatic carbocycles. The Balaban J connectivity index is 2.24. The summed E-state index contributed by atoms with van der Waals surface area (Å²) in [7, 11) is 0. The van der Waals surface area contributed by atoms with Crippen LogP contribution in [0.15, 0.2) is 47.1 Å². The number of carbonyl (C=O) groups is 1. The monoisotopic (exact) mass is 292 g/mol. The third-order valence-electron chi connectivity index (χ3n) is 2.09. The van der Waals surface area contributed by atoms with E-state index >= 15 is 0 Å². The van der Waals surface area contributed by atoms with E-state index in [2.05, 4.69) is 26.2 Å². The van der Waals surface area contributed by atoms with Gasteiger partial charge in [-0.15, -0.1) is 0 Å². The Bertz CT molecular complexity index is 558. The lowest BCUT2D eigenvalue weighted by atomic mass is 10.2. The minimum atomic E-state index is -1.04. The summed E-state index contributed by atoms with van der Waals surface area (Å²) in [5, 5.41) is 11.9. The number of hydrogen-bond donors (Lipinski definition) is 2. The second-order valence-electron chi connectivity index (χ2n) is 3.37. The SMILES string of the molecule is O=C(O)c1cc(Nc2cccc(Br)c2)ccn1. The molecule has 5 heteroatoms. The zero-order valence-corrected chi connectivity index (χ0v) is 10.3. The standard InChI is InChI=1S/C12H9BrN2O2/c13-8-2-1-3-9(6-8)15-10-4-5-14-11(7-10)12(16)17/h1-7H,(H,14,15)(H,16,17). The topological polar surface area (TPSA) is 62.2 Å². The van der Waals surface area contributed by atoms with Gasteiger partial charge >= 0.3 is 5.97 Å². The van der Waals surface area contributed by atoms with Crippen LogP contribution in [-0.4, -0.2) is 16.1 Å². The van der Waals surface area contributed by atoms with E-state index < -0.39 is 5.97 Å². The molecule has 0 spiro atoms. The van der Waals surface area contributed by atoms with Crippen molar-refractivity contribution in [2.75, 3.05) is 5.32 Å². The Labute approximate surface area is 106 Å². The van der Waals surface area contributed by atoms with Crippen LogP contribution in [-0.2, 0) is 0 Å². The van der Waals surface area contributed by atoms with E-state index in [9.17, 15) is 4.79 Å². The number of hydrogen-bond acceptors (Lipinski definition) is 3. The van der Waals surface area contributed by atoms with Gasteiger partial charge < -0.3 is 10.4 Å². The van der Waals surface area contributed by atoms with Gasteiger partial charge in [0, 0.05) is 22.0 Å². The van der Waals surface area contributed by atoms with Crippen LogP contribution < -0.4 is 5.32 Å². The van der Waals surface area contributed by atoms with Gasteiger partial charge in [0.05, 0.1) is 0 Å². The molecule has 0 amide bonds. The van der Waals surface area contributed by atoms with Gasteiger partial charge in [-0.3, -0.25) is 0 Å². The van der Waals surface area contributed by atoms with E-state index in [0.29, 0.717) is 5.69 Å². The van der Waals surface area contributed by atoms with Crippen LogP contribution in [0.1, 0.15) is 10.5 Å². The van der Waals surface area contributed by atoms with Crippen LogP contribution >= 0.6 is 15.9 Å². The average molecular weight is 293 g/mol. The van der Waals surface area contributed by atoms with E-state index in [4.69, 9.17) is 5.11 Å². The first kappa shape index (κ1) is 11.6.